The third-order valence-electron chi connectivity index (χ3n) is 6.14. The lowest BCUT2D eigenvalue weighted by Crippen LogP contribution is -2.41. The number of benzene rings is 2. The first kappa shape index (κ1) is 26.3. The molecule has 1 heterocycles. The van der Waals surface area contributed by atoms with E-state index < -0.39 is 11.9 Å². The number of hydrogen-bond acceptors (Lipinski definition) is 8. The van der Waals surface area contributed by atoms with Gasteiger partial charge in [-0.1, -0.05) is 43.0 Å². The zero-order valence-corrected chi connectivity index (χ0v) is 20.9. The van der Waals surface area contributed by atoms with Gasteiger partial charge in [0.25, 0.3) is 5.91 Å². The van der Waals surface area contributed by atoms with Crippen molar-refractivity contribution in [3.8, 4) is 0 Å². The Kier molecular flexibility index (Phi) is 8.65. The number of ether oxygens (including phenoxy) is 1. The maximum atomic E-state index is 12.6. The number of amides is 2. The monoisotopic (exact) mass is 514 g/mol. The molecular formula is C28H30N6O4. The number of nitrogens with zero attached hydrogens (tertiary/aromatic N) is 2. The van der Waals surface area contributed by atoms with Crippen LogP contribution in [-0.4, -0.2) is 39.8 Å². The Morgan fingerprint density at radius 3 is 2.63 bits per heavy atom. The Balaban J connectivity index is 1.45. The number of primary amides is 1. The van der Waals surface area contributed by atoms with Gasteiger partial charge >= 0.3 is 5.97 Å². The van der Waals surface area contributed by atoms with Gasteiger partial charge < -0.3 is 26.4 Å². The standard InChI is InChI=1S/C28H30N6O4/c1-2-24(35)32-22-13-7-12-21(15-22)31-23-16-30-25(26(29)36)27(34-23)33-20-11-6-10-19(14-20)28(37)38-17-18-8-4-3-5-9-18/h2-6,8-11,14,16,21-22H,1,7,12-13,15,17H2,(H2,29,36)(H,32,35)(H2,31,33,34)/t21-,22?/m1/s1. The van der Waals surface area contributed by atoms with Crippen molar-refractivity contribution < 1.29 is 19.1 Å². The maximum absolute atomic E-state index is 12.6. The van der Waals surface area contributed by atoms with E-state index in [1.807, 2.05) is 30.3 Å². The molecule has 1 aromatic heterocycles. The molecule has 2 amide bonds. The van der Waals surface area contributed by atoms with Gasteiger partial charge in [-0.25, -0.2) is 14.8 Å². The molecule has 4 rings (SSSR count). The minimum absolute atomic E-state index is 0.0339. The lowest BCUT2D eigenvalue weighted by molar-refractivity contribution is -0.117. The largest absolute Gasteiger partial charge is 0.457 e. The van der Waals surface area contributed by atoms with Crippen LogP contribution in [0.3, 0.4) is 0 Å². The number of carbonyl (C=O) groups excluding carboxylic acids is 3. The molecule has 0 aliphatic heterocycles. The second kappa shape index (κ2) is 12.5. The lowest BCUT2D eigenvalue weighted by atomic mass is 9.91. The van der Waals surface area contributed by atoms with E-state index in [0.29, 0.717) is 23.5 Å². The third-order valence-corrected chi connectivity index (χ3v) is 6.14. The van der Waals surface area contributed by atoms with E-state index in [2.05, 4.69) is 32.5 Å². The average molecular weight is 515 g/mol. The zero-order chi connectivity index (χ0) is 26.9. The van der Waals surface area contributed by atoms with E-state index in [4.69, 9.17) is 10.5 Å². The number of rotatable bonds is 10. The fourth-order valence-electron chi connectivity index (χ4n) is 4.31. The van der Waals surface area contributed by atoms with Crippen molar-refractivity contribution in [3.05, 3.63) is 90.3 Å². The summed E-state index contributed by atoms with van der Waals surface area (Å²) in [5, 5.41) is 9.33. The van der Waals surface area contributed by atoms with Gasteiger partial charge in [0.15, 0.2) is 11.5 Å². The zero-order valence-electron chi connectivity index (χ0n) is 20.9. The summed E-state index contributed by atoms with van der Waals surface area (Å²) in [5.41, 5.74) is 7.23. The summed E-state index contributed by atoms with van der Waals surface area (Å²) in [7, 11) is 0. The van der Waals surface area contributed by atoms with Crippen molar-refractivity contribution in [1.29, 1.82) is 0 Å². The van der Waals surface area contributed by atoms with Crippen LogP contribution < -0.4 is 21.7 Å². The molecular weight excluding hydrogens is 484 g/mol. The van der Waals surface area contributed by atoms with Crippen molar-refractivity contribution in [3.63, 3.8) is 0 Å². The number of nitrogens with two attached hydrogens (primary N) is 1. The average Bonchev–Trinajstić information content (AvgIpc) is 2.92. The maximum Gasteiger partial charge on any atom is 0.338 e. The van der Waals surface area contributed by atoms with Crippen LogP contribution in [0.25, 0.3) is 0 Å². The Morgan fingerprint density at radius 1 is 1.08 bits per heavy atom. The third kappa shape index (κ3) is 7.16. The molecule has 38 heavy (non-hydrogen) atoms. The van der Waals surface area contributed by atoms with Gasteiger partial charge in [0.1, 0.15) is 12.4 Å². The van der Waals surface area contributed by atoms with Crippen LogP contribution in [0.5, 0.6) is 0 Å². The summed E-state index contributed by atoms with van der Waals surface area (Å²) in [6.07, 6.45) is 6.16. The van der Waals surface area contributed by atoms with Crippen molar-refractivity contribution in [2.24, 2.45) is 5.73 Å². The van der Waals surface area contributed by atoms with Gasteiger partial charge in [-0.05, 0) is 55.5 Å². The van der Waals surface area contributed by atoms with Crippen molar-refractivity contribution >= 4 is 35.1 Å². The fourth-order valence-corrected chi connectivity index (χ4v) is 4.31. The fraction of sp³-hybridized carbons (Fsp3) is 0.250. The molecule has 10 nitrogen and oxygen atoms in total. The summed E-state index contributed by atoms with van der Waals surface area (Å²) in [4.78, 5) is 45.0. The summed E-state index contributed by atoms with van der Waals surface area (Å²) >= 11 is 0. The SMILES string of the molecule is C=CC(=O)NC1CCC[C@@H](Nc2cnc(C(N)=O)c(Nc3cccc(C(=O)OCc4ccccc4)c3)n2)C1. The van der Waals surface area contributed by atoms with Crippen LogP contribution in [0.2, 0.25) is 0 Å². The van der Waals surface area contributed by atoms with Gasteiger partial charge in [-0.15, -0.1) is 0 Å². The smallest absolute Gasteiger partial charge is 0.338 e. The van der Waals surface area contributed by atoms with Crippen LogP contribution in [0.4, 0.5) is 17.3 Å². The summed E-state index contributed by atoms with van der Waals surface area (Å²) in [5.74, 6) is -0.806. The number of carbonyl (C=O) groups is 3. The van der Waals surface area contributed by atoms with Crippen LogP contribution in [0, 0.1) is 0 Å². The summed E-state index contributed by atoms with van der Waals surface area (Å²) in [6, 6.07) is 16.2. The van der Waals surface area contributed by atoms with Crippen molar-refractivity contribution in [2.75, 3.05) is 10.6 Å². The number of esters is 1. The minimum atomic E-state index is -0.741. The Morgan fingerprint density at radius 2 is 1.87 bits per heavy atom. The van der Waals surface area contributed by atoms with Crippen molar-refractivity contribution in [2.45, 2.75) is 44.4 Å². The van der Waals surface area contributed by atoms with Crippen LogP contribution in [0.15, 0.2) is 73.4 Å². The molecule has 0 bridgehead atoms. The molecule has 0 radical (unpaired) electrons. The molecule has 0 spiro atoms. The molecule has 1 fully saturated rings. The van der Waals surface area contributed by atoms with E-state index >= 15 is 0 Å². The Bertz CT molecular complexity index is 1310. The van der Waals surface area contributed by atoms with Gasteiger partial charge in [0.05, 0.1) is 11.8 Å². The first-order chi connectivity index (χ1) is 18.4. The molecule has 5 N–H and O–H groups in total. The number of aromatic nitrogens is 2. The van der Waals surface area contributed by atoms with E-state index in [9.17, 15) is 14.4 Å². The van der Waals surface area contributed by atoms with Gasteiger partial charge in [-0.3, -0.25) is 9.59 Å². The molecule has 196 valence electrons. The highest BCUT2D eigenvalue weighted by molar-refractivity contribution is 5.97. The molecule has 2 aromatic carbocycles. The Hall–Kier alpha value is -4.73. The quantitative estimate of drug-likeness (QED) is 0.236. The molecule has 1 saturated carbocycles. The van der Waals surface area contributed by atoms with E-state index in [-0.39, 0.29) is 36.1 Å². The van der Waals surface area contributed by atoms with E-state index in [1.54, 1.807) is 24.3 Å². The molecule has 1 aliphatic carbocycles. The normalized spacial score (nSPS) is 16.6. The first-order valence-electron chi connectivity index (χ1n) is 12.4. The van der Waals surface area contributed by atoms with E-state index in [1.165, 1.54) is 12.3 Å². The molecule has 2 atom stereocenters. The summed E-state index contributed by atoms with van der Waals surface area (Å²) < 4.78 is 5.41. The number of nitrogens with one attached hydrogen (secondary N) is 3. The molecule has 3 aromatic rings. The van der Waals surface area contributed by atoms with Crippen LogP contribution in [-0.2, 0) is 16.1 Å². The molecule has 1 aliphatic rings. The lowest BCUT2D eigenvalue weighted by Gasteiger charge is -2.30. The van der Waals surface area contributed by atoms with Gasteiger partial charge in [-0.2, -0.15) is 0 Å². The Labute approximate surface area is 220 Å². The highest BCUT2D eigenvalue weighted by Crippen LogP contribution is 2.24. The molecule has 0 saturated heterocycles. The van der Waals surface area contributed by atoms with Gasteiger partial charge in [0, 0.05) is 17.8 Å². The predicted molar refractivity (Wildman–Crippen MR) is 144 cm³/mol. The van der Waals surface area contributed by atoms with E-state index in [0.717, 1.165) is 24.8 Å². The summed E-state index contributed by atoms with van der Waals surface area (Å²) in [6.45, 7) is 3.65. The van der Waals surface area contributed by atoms with Crippen LogP contribution in [0.1, 0.15) is 52.1 Å². The van der Waals surface area contributed by atoms with Gasteiger partial charge in [0.2, 0.25) is 5.91 Å². The molecule has 1 unspecified atom stereocenters. The minimum Gasteiger partial charge on any atom is -0.457 e. The molecule has 10 heteroatoms. The second-order valence-corrected chi connectivity index (χ2v) is 9.00. The second-order valence-electron chi connectivity index (χ2n) is 9.00. The highest BCUT2D eigenvalue weighted by atomic mass is 16.5. The topological polar surface area (TPSA) is 148 Å². The van der Waals surface area contributed by atoms with Crippen molar-refractivity contribution in [1.82, 2.24) is 15.3 Å². The predicted octanol–water partition coefficient (Wildman–Crippen LogP) is 3.70. The van der Waals surface area contributed by atoms with Crippen LogP contribution >= 0.6 is 0 Å². The number of anilines is 3. The number of hydrogen-bond donors (Lipinski definition) is 4. The first-order valence-corrected chi connectivity index (χ1v) is 12.4. The highest BCUT2D eigenvalue weighted by Gasteiger charge is 2.24.